The molecular formula is C10H13N3O2. The first-order chi connectivity index (χ1) is 7.25. The van der Waals surface area contributed by atoms with Gasteiger partial charge in [-0.2, -0.15) is 0 Å². The van der Waals surface area contributed by atoms with E-state index in [9.17, 15) is 4.79 Å². The van der Waals surface area contributed by atoms with Gasteiger partial charge < -0.3 is 10.4 Å². The number of carbonyl (C=O) groups is 1. The minimum Gasteiger partial charge on any atom is -0.481 e. The van der Waals surface area contributed by atoms with Crippen molar-refractivity contribution in [2.45, 2.75) is 25.8 Å². The van der Waals surface area contributed by atoms with E-state index >= 15 is 0 Å². The van der Waals surface area contributed by atoms with Gasteiger partial charge in [-0.05, 0) is 0 Å². The second kappa shape index (κ2) is 4.35. The smallest absolute Gasteiger partial charge is 0.303 e. The van der Waals surface area contributed by atoms with Crippen molar-refractivity contribution in [2.75, 3.05) is 6.54 Å². The summed E-state index contributed by atoms with van der Waals surface area (Å²) >= 11 is 0. The molecule has 0 aliphatic carbocycles. The fourth-order valence-electron chi connectivity index (χ4n) is 1.62. The van der Waals surface area contributed by atoms with Crippen LogP contribution in [0.15, 0.2) is 6.20 Å². The van der Waals surface area contributed by atoms with Gasteiger partial charge in [0, 0.05) is 43.4 Å². The van der Waals surface area contributed by atoms with Crippen molar-refractivity contribution in [3.05, 3.63) is 23.3 Å². The minimum atomic E-state index is -0.807. The molecule has 1 aliphatic heterocycles. The molecule has 0 atom stereocenters. The minimum absolute atomic E-state index is 0.0943. The van der Waals surface area contributed by atoms with Crippen LogP contribution < -0.4 is 5.32 Å². The Balaban J connectivity index is 2.10. The third-order valence-electron chi connectivity index (χ3n) is 2.42. The number of nitrogens with one attached hydrogen (secondary N) is 1. The molecule has 0 radical (unpaired) electrons. The molecule has 2 N–H and O–H groups in total. The average molecular weight is 207 g/mol. The van der Waals surface area contributed by atoms with Gasteiger partial charge in [-0.15, -0.1) is 0 Å². The van der Waals surface area contributed by atoms with Crippen LogP contribution in [0.1, 0.15) is 23.5 Å². The number of carboxylic acid groups (broad SMARTS) is 1. The van der Waals surface area contributed by atoms with Crippen molar-refractivity contribution in [3.8, 4) is 0 Å². The fourth-order valence-corrected chi connectivity index (χ4v) is 1.62. The highest BCUT2D eigenvalue weighted by atomic mass is 16.4. The van der Waals surface area contributed by atoms with E-state index in [4.69, 9.17) is 5.11 Å². The van der Waals surface area contributed by atoms with E-state index in [0.29, 0.717) is 12.2 Å². The third kappa shape index (κ3) is 2.50. The van der Waals surface area contributed by atoms with Gasteiger partial charge in [-0.1, -0.05) is 0 Å². The number of aryl methyl sites for hydroxylation is 1. The van der Waals surface area contributed by atoms with Crippen LogP contribution in [-0.4, -0.2) is 27.6 Å². The average Bonchev–Trinajstić information content (AvgIpc) is 2.26. The second-order valence-electron chi connectivity index (χ2n) is 3.58. The van der Waals surface area contributed by atoms with E-state index in [1.165, 1.54) is 0 Å². The summed E-state index contributed by atoms with van der Waals surface area (Å²) in [5.41, 5.74) is 2.18. The molecule has 0 spiro atoms. The predicted molar refractivity (Wildman–Crippen MR) is 53.4 cm³/mol. The van der Waals surface area contributed by atoms with Gasteiger partial charge in [0.1, 0.15) is 5.82 Å². The van der Waals surface area contributed by atoms with Gasteiger partial charge in [-0.25, -0.2) is 9.97 Å². The highest BCUT2D eigenvalue weighted by Gasteiger charge is 2.11. The van der Waals surface area contributed by atoms with Gasteiger partial charge in [-0.3, -0.25) is 4.79 Å². The van der Waals surface area contributed by atoms with Crippen molar-refractivity contribution < 1.29 is 9.90 Å². The molecule has 15 heavy (non-hydrogen) atoms. The van der Waals surface area contributed by atoms with Crippen LogP contribution in [0.3, 0.4) is 0 Å². The van der Waals surface area contributed by atoms with Gasteiger partial charge in [0.2, 0.25) is 0 Å². The molecule has 0 saturated carbocycles. The van der Waals surface area contributed by atoms with Gasteiger partial charge in [0.05, 0.1) is 6.42 Å². The first-order valence-electron chi connectivity index (χ1n) is 5.02. The lowest BCUT2D eigenvalue weighted by Gasteiger charge is -2.15. The Hall–Kier alpha value is -1.49. The number of aromatic nitrogens is 2. The Kier molecular flexibility index (Phi) is 2.91. The van der Waals surface area contributed by atoms with Crippen molar-refractivity contribution in [2.24, 2.45) is 0 Å². The summed E-state index contributed by atoms with van der Waals surface area (Å²) in [6, 6.07) is 0. The molecule has 0 saturated heterocycles. The van der Waals surface area contributed by atoms with E-state index in [0.717, 1.165) is 30.8 Å². The second-order valence-corrected chi connectivity index (χ2v) is 3.58. The molecule has 0 bridgehead atoms. The predicted octanol–water partition coefficient (Wildman–Crippen LogP) is 0.140. The van der Waals surface area contributed by atoms with Crippen molar-refractivity contribution in [1.82, 2.24) is 15.3 Å². The van der Waals surface area contributed by atoms with Crippen LogP contribution in [0.5, 0.6) is 0 Å². The maximum Gasteiger partial charge on any atom is 0.303 e. The zero-order valence-electron chi connectivity index (χ0n) is 8.36. The maximum atomic E-state index is 10.4. The molecule has 1 aromatic rings. The highest BCUT2D eigenvalue weighted by molar-refractivity contribution is 5.66. The van der Waals surface area contributed by atoms with Crippen LogP contribution >= 0.6 is 0 Å². The normalized spacial score (nSPS) is 14.7. The standard InChI is InChI=1S/C10H13N3O2/c14-10(15)2-1-9-12-6-7-5-11-4-3-8(7)13-9/h6,11H,1-5H2,(H,14,15). The Labute approximate surface area is 87.6 Å². The lowest BCUT2D eigenvalue weighted by molar-refractivity contribution is -0.137. The SMILES string of the molecule is O=C(O)CCc1ncc2c(n1)CCNC2. The Morgan fingerprint density at radius 2 is 2.47 bits per heavy atom. The van der Waals surface area contributed by atoms with Gasteiger partial charge >= 0.3 is 5.97 Å². The third-order valence-corrected chi connectivity index (χ3v) is 2.42. The Morgan fingerprint density at radius 1 is 1.60 bits per heavy atom. The molecule has 0 amide bonds. The number of nitrogens with zero attached hydrogens (tertiary/aromatic N) is 2. The molecule has 1 aliphatic rings. The largest absolute Gasteiger partial charge is 0.481 e. The molecule has 5 heteroatoms. The number of rotatable bonds is 3. The Bertz CT molecular complexity index is 379. The number of fused-ring (bicyclic) bond motifs is 1. The van der Waals surface area contributed by atoms with Gasteiger partial charge in [0.15, 0.2) is 0 Å². The summed E-state index contributed by atoms with van der Waals surface area (Å²) < 4.78 is 0. The summed E-state index contributed by atoms with van der Waals surface area (Å²) in [6.07, 6.45) is 3.21. The summed E-state index contributed by atoms with van der Waals surface area (Å²) in [6.45, 7) is 1.75. The molecule has 0 aromatic carbocycles. The van der Waals surface area contributed by atoms with E-state index < -0.39 is 5.97 Å². The summed E-state index contributed by atoms with van der Waals surface area (Å²) in [7, 11) is 0. The molecule has 5 nitrogen and oxygen atoms in total. The van der Waals surface area contributed by atoms with Crippen LogP contribution in [0.25, 0.3) is 0 Å². The van der Waals surface area contributed by atoms with Crippen LogP contribution in [-0.2, 0) is 24.2 Å². The molecule has 2 heterocycles. The molecule has 0 fully saturated rings. The zero-order valence-corrected chi connectivity index (χ0v) is 8.36. The number of hydrogen-bond donors (Lipinski definition) is 2. The molecular weight excluding hydrogens is 194 g/mol. The first kappa shape index (κ1) is 10.0. The number of aliphatic carboxylic acids is 1. The molecule has 1 aromatic heterocycles. The van der Waals surface area contributed by atoms with Crippen LogP contribution in [0, 0.1) is 0 Å². The van der Waals surface area contributed by atoms with Crippen molar-refractivity contribution in [1.29, 1.82) is 0 Å². The lowest BCUT2D eigenvalue weighted by Crippen LogP contribution is -2.25. The van der Waals surface area contributed by atoms with Crippen LogP contribution in [0.2, 0.25) is 0 Å². The van der Waals surface area contributed by atoms with Crippen LogP contribution in [0.4, 0.5) is 0 Å². The highest BCUT2D eigenvalue weighted by Crippen LogP contribution is 2.10. The van der Waals surface area contributed by atoms with E-state index in [-0.39, 0.29) is 6.42 Å². The molecule has 2 rings (SSSR count). The van der Waals surface area contributed by atoms with E-state index in [1.807, 2.05) is 0 Å². The molecule has 80 valence electrons. The summed E-state index contributed by atoms with van der Waals surface area (Å²) in [5.74, 6) is -0.170. The van der Waals surface area contributed by atoms with Gasteiger partial charge in [0.25, 0.3) is 0 Å². The Morgan fingerprint density at radius 3 is 3.27 bits per heavy atom. The number of carboxylic acids is 1. The quantitative estimate of drug-likeness (QED) is 0.737. The number of hydrogen-bond acceptors (Lipinski definition) is 4. The summed E-state index contributed by atoms with van der Waals surface area (Å²) in [4.78, 5) is 18.9. The van der Waals surface area contributed by atoms with Crippen molar-refractivity contribution >= 4 is 5.97 Å². The lowest BCUT2D eigenvalue weighted by atomic mass is 10.1. The maximum absolute atomic E-state index is 10.4. The van der Waals surface area contributed by atoms with E-state index in [1.54, 1.807) is 6.20 Å². The van der Waals surface area contributed by atoms with E-state index in [2.05, 4.69) is 15.3 Å². The molecule has 0 unspecified atom stereocenters. The summed E-state index contributed by atoms with van der Waals surface area (Å²) in [5, 5.41) is 11.8. The first-order valence-corrected chi connectivity index (χ1v) is 5.02. The monoisotopic (exact) mass is 207 g/mol. The fraction of sp³-hybridized carbons (Fsp3) is 0.500. The zero-order chi connectivity index (χ0) is 10.7. The van der Waals surface area contributed by atoms with Crippen molar-refractivity contribution in [3.63, 3.8) is 0 Å². The topological polar surface area (TPSA) is 75.1 Å².